The second-order valence-electron chi connectivity index (χ2n) is 12.3. The third-order valence-electron chi connectivity index (χ3n) is 7.31. The molecule has 0 saturated carbocycles. The molecule has 1 amide bonds. The van der Waals surface area contributed by atoms with E-state index in [1.807, 2.05) is 6.08 Å². The number of carbonyl (C=O) groups excluding carboxylic acids is 1. The Hall–Kier alpha value is -4.91. The van der Waals surface area contributed by atoms with Gasteiger partial charge in [-0.1, -0.05) is 48.0 Å². The average Bonchev–Trinajstić information content (AvgIpc) is 3.61. The molecule has 0 spiro atoms. The summed E-state index contributed by atoms with van der Waals surface area (Å²) in [5, 5.41) is 16.5. The number of carbonyl (C=O) groups is 2. The molecule has 2 heterocycles. The number of allylic oxidation sites excluding steroid dienone is 1. The Morgan fingerprint density at radius 3 is 2.38 bits per heavy atom. The molecule has 5 rings (SSSR count). The minimum absolute atomic E-state index is 0.00657. The number of rotatable bonds is 9. The Bertz CT molecular complexity index is 1880. The van der Waals surface area contributed by atoms with Crippen LogP contribution in [0.4, 0.5) is 18.0 Å². The van der Waals surface area contributed by atoms with Crippen LogP contribution in [0.5, 0.6) is 5.88 Å². The van der Waals surface area contributed by atoms with Crippen LogP contribution >= 0.6 is 11.6 Å². The SMILES string of the molecule is Cc1ccn(-c2cc(Cl)ccc2[C@@H](Oc2nc(C)nc3c2CC=C3c2ccc(C[C@H](NC(=O)OC(C)(C)C)C(=O)O)cc2)C(F)(F)F)n1. The van der Waals surface area contributed by atoms with E-state index < -0.39 is 36.0 Å². The normalized spacial score (nSPS) is 14.1. The summed E-state index contributed by atoms with van der Waals surface area (Å²) < 4.78 is 56.3. The molecule has 2 N–H and O–H groups in total. The van der Waals surface area contributed by atoms with Gasteiger partial charge in [-0.05, 0) is 70.4 Å². The van der Waals surface area contributed by atoms with Gasteiger partial charge < -0.3 is 19.9 Å². The zero-order valence-electron chi connectivity index (χ0n) is 26.7. The van der Waals surface area contributed by atoms with Gasteiger partial charge in [0.2, 0.25) is 12.0 Å². The summed E-state index contributed by atoms with van der Waals surface area (Å²) in [5.74, 6) is -1.21. The summed E-state index contributed by atoms with van der Waals surface area (Å²) >= 11 is 6.17. The van der Waals surface area contributed by atoms with Crippen LogP contribution in [0, 0.1) is 13.8 Å². The number of alkyl halides is 3. The van der Waals surface area contributed by atoms with Crippen molar-refractivity contribution in [3.05, 3.63) is 105 Å². The minimum atomic E-state index is -4.83. The summed E-state index contributed by atoms with van der Waals surface area (Å²) in [6, 6.07) is 11.4. The standard InChI is InChI=1S/C34H33ClF3N5O5/c1-18-14-15-43(42-18)27-17-22(35)10-11-24(27)29(34(36,37)38)47-30-25-13-12-23(28(25)39-19(2)40-30)21-8-6-20(7-9-21)16-26(31(44)45)41-32(46)48-33(3,4)5/h6-12,14-15,17,26,29H,13,16H2,1-5H3,(H,41,46)(H,44,45)/t26-,29+/m0/s1. The smallest absolute Gasteiger partial charge is 0.429 e. The first-order valence-corrected chi connectivity index (χ1v) is 15.3. The zero-order chi connectivity index (χ0) is 35.0. The molecule has 1 aliphatic carbocycles. The van der Waals surface area contributed by atoms with Crippen LogP contribution in [0.25, 0.3) is 11.3 Å². The Morgan fingerprint density at radius 2 is 1.77 bits per heavy atom. The van der Waals surface area contributed by atoms with Crippen LogP contribution in [-0.2, 0) is 22.4 Å². The Labute approximate surface area is 279 Å². The summed E-state index contributed by atoms with van der Waals surface area (Å²) in [6.45, 7) is 8.31. The molecule has 2 atom stereocenters. The zero-order valence-corrected chi connectivity index (χ0v) is 27.5. The van der Waals surface area contributed by atoms with Crippen LogP contribution < -0.4 is 10.1 Å². The molecule has 2 aromatic heterocycles. The van der Waals surface area contributed by atoms with E-state index >= 15 is 0 Å². The average molecular weight is 684 g/mol. The van der Waals surface area contributed by atoms with Gasteiger partial charge in [0.25, 0.3) is 0 Å². The second-order valence-corrected chi connectivity index (χ2v) is 12.7. The van der Waals surface area contributed by atoms with Crippen LogP contribution in [0.1, 0.15) is 66.3 Å². The summed E-state index contributed by atoms with van der Waals surface area (Å²) in [6.07, 6.45) is -4.48. The van der Waals surface area contributed by atoms with Crippen molar-refractivity contribution in [1.29, 1.82) is 0 Å². The predicted molar refractivity (Wildman–Crippen MR) is 171 cm³/mol. The largest absolute Gasteiger partial charge is 0.480 e. The first-order valence-electron chi connectivity index (χ1n) is 14.9. The number of aliphatic carboxylic acids is 1. The van der Waals surface area contributed by atoms with Gasteiger partial charge in [-0.3, -0.25) is 0 Å². The van der Waals surface area contributed by atoms with Crippen molar-refractivity contribution in [2.24, 2.45) is 0 Å². The van der Waals surface area contributed by atoms with Gasteiger partial charge in [-0.15, -0.1) is 0 Å². The molecule has 0 saturated heterocycles. The molecule has 0 radical (unpaired) electrons. The molecule has 4 aromatic rings. The number of ether oxygens (including phenoxy) is 2. The monoisotopic (exact) mass is 683 g/mol. The lowest BCUT2D eigenvalue weighted by atomic mass is 9.99. The Balaban J connectivity index is 1.41. The number of hydrogen-bond acceptors (Lipinski definition) is 7. The molecule has 14 heteroatoms. The predicted octanol–water partition coefficient (Wildman–Crippen LogP) is 7.12. The molecule has 10 nitrogen and oxygen atoms in total. The number of fused-ring (bicyclic) bond motifs is 1. The Kier molecular flexibility index (Phi) is 9.54. The van der Waals surface area contributed by atoms with Gasteiger partial charge in [-0.25, -0.2) is 19.3 Å². The van der Waals surface area contributed by atoms with E-state index in [9.17, 15) is 27.9 Å². The highest BCUT2D eigenvalue weighted by molar-refractivity contribution is 6.30. The quantitative estimate of drug-likeness (QED) is 0.191. The number of aromatic nitrogens is 4. The van der Waals surface area contributed by atoms with Crippen LogP contribution in [-0.4, -0.2) is 54.7 Å². The third kappa shape index (κ3) is 7.96. The topological polar surface area (TPSA) is 128 Å². The Morgan fingerprint density at radius 1 is 1.06 bits per heavy atom. The van der Waals surface area contributed by atoms with E-state index in [0.29, 0.717) is 33.7 Å². The molecular weight excluding hydrogens is 651 g/mol. The number of nitrogens with zero attached hydrogens (tertiary/aromatic N) is 4. The molecule has 252 valence electrons. The van der Waals surface area contributed by atoms with Gasteiger partial charge in [0, 0.05) is 34.3 Å². The van der Waals surface area contributed by atoms with E-state index in [2.05, 4.69) is 20.4 Å². The summed E-state index contributed by atoms with van der Waals surface area (Å²) in [7, 11) is 0. The highest BCUT2D eigenvalue weighted by Gasteiger charge is 2.45. The maximum Gasteiger partial charge on any atom is 0.429 e. The molecule has 0 fully saturated rings. The lowest BCUT2D eigenvalue weighted by molar-refractivity contribution is -0.198. The number of alkyl carbamates (subject to hydrolysis) is 1. The number of amides is 1. The van der Waals surface area contributed by atoms with Crippen molar-refractivity contribution >= 4 is 29.2 Å². The number of carboxylic acid groups (broad SMARTS) is 1. The highest BCUT2D eigenvalue weighted by Crippen LogP contribution is 2.43. The van der Waals surface area contributed by atoms with Crippen molar-refractivity contribution in [3.63, 3.8) is 0 Å². The van der Waals surface area contributed by atoms with E-state index in [-0.39, 0.29) is 40.8 Å². The van der Waals surface area contributed by atoms with Crippen molar-refractivity contribution in [2.75, 3.05) is 0 Å². The number of carboxylic acids is 1. The fourth-order valence-electron chi connectivity index (χ4n) is 5.24. The number of benzene rings is 2. The van der Waals surface area contributed by atoms with Crippen LogP contribution in [0.15, 0.2) is 60.8 Å². The van der Waals surface area contributed by atoms with E-state index in [0.717, 1.165) is 0 Å². The number of hydrogen-bond donors (Lipinski definition) is 2. The van der Waals surface area contributed by atoms with Crippen molar-refractivity contribution in [1.82, 2.24) is 25.1 Å². The van der Waals surface area contributed by atoms with E-state index in [4.69, 9.17) is 21.1 Å². The van der Waals surface area contributed by atoms with E-state index in [1.165, 1.54) is 22.9 Å². The molecule has 48 heavy (non-hydrogen) atoms. The molecule has 0 aliphatic heterocycles. The van der Waals surface area contributed by atoms with Crippen LogP contribution in [0.2, 0.25) is 5.02 Å². The maximum atomic E-state index is 14.7. The van der Waals surface area contributed by atoms with E-state index in [1.54, 1.807) is 71.1 Å². The number of halogens is 4. The number of nitrogens with one attached hydrogen (secondary N) is 1. The summed E-state index contributed by atoms with van der Waals surface area (Å²) in [4.78, 5) is 32.8. The first kappa shape index (κ1) is 34.4. The fourth-order valence-corrected chi connectivity index (χ4v) is 5.41. The minimum Gasteiger partial charge on any atom is -0.480 e. The first-order chi connectivity index (χ1) is 22.5. The molecule has 2 aromatic carbocycles. The fraction of sp³-hybridized carbons (Fsp3) is 0.324. The van der Waals surface area contributed by atoms with Gasteiger partial charge >= 0.3 is 18.2 Å². The van der Waals surface area contributed by atoms with Gasteiger partial charge in [-0.2, -0.15) is 23.3 Å². The molecule has 0 bridgehead atoms. The van der Waals surface area contributed by atoms with Gasteiger partial charge in [0.15, 0.2) is 0 Å². The molecule has 1 aliphatic rings. The molecule has 0 unspecified atom stereocenters. The lowest BCUT2D eigenvalue weighted by Crippen LogP contribution is -2.44. The second kappa shape index (κ2) is 13.3. The lowest BCUT2D eigenvalue weighted by Gasteiger charge is -2.25. The molecular formula is C34H33ClF3N5O5. The van der Waals surface area contributed by atoms with Crippen molar-refractivity contribution < 1.29 is 37.3 Å². The van der Waals surface area contributed by atoms with Crippen molar-refractivity contribution in [2.45, 2.75) is 71.4 Å². The number of aryl methyl sites for hydroxylation is 2. The highest BCUT2D eigenvalue weighted by atomic mass is 35.5. The van der Waals surface area contributed by atoms with Crippen LogP contribution in [0.3, 0.4) is 0 Å². The third-order valence-corrected chi connectivity index (χ3v) is 7.55. The summed E-state index contributed by atoms with van der Waals surface area (Å²) in [5.41, 5.74) is 2.56. The maximum absolute atomic E-state index is 14.7. The van der Waals surface area contributed by atoms with Crippen molar-refractivity contribution in [3.8, 4) is 11.6 Å². The van der Waals surface area contributed by atoms with Gasteiger partial charge in [0.05, 0.1) is 17.1 Å². The van der Waals surface area contributed by atoms with Gasteiger partial charge in [0.1, 0.15) is 17.5 Å².